The van der Waals surface area contributed by atoms with Gasteiger partial charge in [0.25, 0.3) is 11.8 Å². The van der Waals surface area contributed by atoms with Crippen LogP contribution in [-0.2, 0) is 11.3 Å². The van der Waals surface area contributed by atoms with Crippen LogP contribution >= 0.6 is 0 Å². The largest absolute Gasteiger partial charge is 0.485 e. The molecular formula is C26H26N2O6. The monoisotopic (exact) mass is 462 g/mol. The van der Waals surface area contributed by atoms with Crippen LogP contribution in [0, 0.1) is 6.92 Å². The molecule has 8 nitrogen and oxygen atoms in total. The van der Waals surface area contributed by atoms with Crippen molar-refractivity contribution in [2.45, 2.75) is 33.4 Å². The van der Waals surface area contributed by atoms with Crippen LogP contribution in [-0.4, -0.2) is 36.9 Å². The van der Waals surface area contributed by atoms with E-state index in [0.29, 0.717) is 28.5 Å². The predicted molar refractivity (Wildman–Crippen MR) is 125 cm³/mol. The highest BCUT2D eigenvalue weighted by atomic mass is 16.5. The number of fused-ring (bicyclic) bond motifs is 1. The fourth-order valence-electron chi connectivity index (χ4n) is 3.56. The Hall–Kier alpha value is -4.07. The summed E-state index contributed by atoms with van der Waals surface area (Å²) in [5, 5.41) is 2.76. The maximum absolute atomic E-state index is 12.8. The van der Waals surface area contributed by atoms with E-state index in [1.54, 1.807) is 36.4 Å². The number of ether oxygens (including phenoxy) is 2. The maximum atomic E-state index is 12.8. The van der Waals surface area contributed by atoms with E-state index in [1.165, 1.54) is 4.90 Å². The summed E-state index contributed by atoms with van der Waals surface area (Å²) in [5.41, 5.74) is 1.89. The first-order valence-corrected chi connectivity index (χ1v) is 11.0. The number of amides is 2. The minimum Gasteiger partial charge on any atom is -0.485 e. The third-order valence-corrected chi connectivity index (χ3v) is 5.20. The third kappa shape index (κ3) is 5.28. The average Bonchev–Trinajstić information content (AvgIpc) is 3.27. The van der Waals surface area contributed by atoms with Gasteiger partial charge in [0, 0.05) is 11.6 Å². The van der Waals surface area contributed by atoms with Gasteiger partial charge in [0.05, 0.1) is 12.2 Å². The Bertz CT molecular complexity index is 1230. The highest BCUT2D eigenvalue weighted by Gasteiger charge is 2.28. The van der Waals surface area contributed by atoms with Crippen molar-refractivity contribution in [2.75, 3.05) is 18.1 Å². The molecule has 2 amide bonds. The minimum absolute atomic E-state index is 0.0281. The molecule has 0 unspecified atom stereocenters. The summed E-state index contributed by atoms with van der Waals surface area (Å²) in [4.78, 5) is 39.1. The van der Waals surface area contributed by atoms with E-state index in [4.69, 9.17) is 13.9 Å². The van der Waals surface area contributed by atoms with Gasteiger partial charge in [0.1, 0.15) is 17.3 Å². The predicted octanol–water partition coefficient (Wildman–Crippen LogP) is 3.91. The molecule has 2 aromatic carbocycles. The maximum Gasteiger partial charge on any atom is 0.287 e. The molecule has 0 saturated heterocycles. The zero-order valence-corrected chi connectivity index (χ0v) is 19.3. The summed E-state index contributed by atoms with van der Waals surface area (Å²) in [6, 6.07) is 15.6. The highest BCUT2D eigenvalue weighted by Crippen LogP contribution is 2.34. The molecule has 0 radical (unpaired) electrons. The van der Waals surface area contributed by atoms with Gasteiger partial charge >= 0.3 is 0 Å². The smallest absolute Gasteiger partial charge is 0.287 e. The van der Waals surface area contributed by atoms with Gasteiger partial charge in [-0.2, -0.15) is 0 Å². The summed E-state index contributed by atoms with van der Waals surface area (Å²) >= 11 is 0. The molecule has 1 aromatic heterocycles. The first-order valence-electron chi connectivity index (χ1n) is 11.0. The van der Waals surface area contributed by atoms with Crippen LogP contribution in [0.1, 0.15) is 46.1 Å². The number of Topliss-reactive ketones (excluding diaryl/α,β-unsaturated/α-hetero) is 1. The minimum atomic E-state index is -0.323. The molecule has 0 bridgehead atoms. The molecule has 2 heterocycles. The van der Waals surface area contributed by atoms with Gasteiger partial charge in [-0.15, -0.1) is 0 Å². The second kappa shape index (κ2) is 9.82. The van der Waals surface area contributed by atoms with Crippen LogP contribution in [0.4, 0.5) is 5.69 Å². The summed E-state index contributed by atoms with van der Waals surface area (Å²) in [6.45, 7) is 5.50. The Morgan fingerprint density at radius 2 is 1.94 bits per heavy atom. The fourth-order valence-corrected chi connectivity index (χ4v) is 3.56. The zero-order chi connectivity index (χ0) is 24.2. The van der Waals surface area contributed by atoms with E-state index in [2.05, 4.69) is 5.32 Å². The van der Waals surface area contributed by atoms with Gasteiger partial charge in [-0.05, 0) is 68.8 Å². The van der Waals surface area contributed by atoms with Gasteiger partial charge in [0.2, 0.25) is 0 Å². The van der Waals surface area contributed by atoms with E-state index < -0.39 is 0 Å². The molecule has 0 saturated carbocycles. The van der Waals surface area contributed by atoms with E-state index in [-0.39, 0.29) is 49.2 Å². The lowest BCUT2D eigenvalue weighted by Gasteiger charge is -2.29. The lowest BCUT2D eigenvalue weighted by Crippen LogP contribution is -2.38. The topological polar surface area (TPSA) is 98.1 Å². The average molecular weight is 463 g/mol. The number of benzene rings is 2. The van der Waals surface area contributed by atoms with Gasteiger partial charge in [0.15, 0.2) is 24.8 Å². The molecule has 8 heteroatoms. The number of nitrogens with zero attached hydrogens (tertiary/aromatic N) is 1. The lowest BCUT2D eigenvalue weighted by atomic mass is 10.1. The quantitative estimate of drug-likeness (QED) is 0.510. The Balaban J connectivity index is 1.50. The molecule has 0 spiro atoms. The number of carbonyl (C=O) groups is 3. The molecule has 1 N–H and O–H groups in total. The van der Waals surface area contributed by atoms with Crippen molar-refractivity contribution in [3.05, 3.63) is 77.2 Å². The number of anilines is 1. The van der Waals surface area contributed by atoms with Crippen LogP contribution < -0.4 is 19.7 Å². The zero-order valence-electron chi connectivity index (χ0n) is 19.3. The van der Waals surface area contributed by atoms with E-state index in [1.807, 2.05) is 39.0 Å². The van der Waals surface area contributed by atoms with Crippen molar-refractivity contribution < 1.29 is 28.3 Å². The van der Waals surface area contributed by atoms with Crippen LogP contribution in [0.2, 0.25) is 0 Å². The molecule has 0 atom stereocenters. The molecular weight excluding hydrogens is 436 g/mol. The van der Waals surface area contributed by atoms with E-state index in [9.17, 15) is 14.4 Å². The number of nitrogens with one attached hydrogen (secondary N) is 1. The van der Waals surface area contributed by atoms with Crippen LogP contribution in [0.5, 0.6) is 11.5 Å². The SMILES string of the molecule is Cc1cccc(OCC(=O)c2ccc3c(c2)N(Cc2ccc(C(=O)NC(C)C)o2)C(=O)CO3)c1. The summed E-state index contributed by atoms with van der Waals surface area (Å²) in [5.74, 6) is 0.875. The first-order chi connectivity index (χ1) is 16.3. The Morgan fingerprint density at radius 3 is 2.71 bits per heavy atom. The van der Waals surface area contributed by atoms with Crippen molar-refractivity contribution in [3.8, 4) is 11.5 Å². The number of rotatable bonds is 8. The molecule has 1 aliphatic rings. The van der Waals surface area contributed by atoms with Crippen LogP contribution in [0.25, 0.3) is 0 Å². The molecule has 1 aliphatic heterocycles. The Kier molecular flexibility index (Phi) is 6.67. The molecule has 0 fully saturated rings. The van der Waals surface area contributed by atoms with E-state index >= 15 is 0 Å². The van der Waals surface area contributed by atoms with Crippen molar-refractivity contribution in [1.29, 1.82) is 0 Å². The van der Waals surface area contributed by atoms with Crippen LogP contribution in [0.15, 0.2) is 59.0 Å². The Labute approximate surface area is 197 Å². The lowest BCUT2D eigenvalue weighted by molar-refractivity contribution is -0.121. The fraction of sp³-hybridized carbons (Fsp3) is 0.269. The normalized spacial score (nSPS) is 12.8. The first kappa shape index (κ1) is 23.1. The van der Waals surface area contributed by atoms with Gasteiger partial charge in [-0.1, -0.05) is 12.1 Å². The molecule has 4 rings (SSSR count). The second-order valence-electron chi connectivity index (χ2n) is 8.37. The Morgan fingerprint density at radius 1 is 1.12 bits per heavy atom. The number of carbonyl (C=O) groups excluding carboxylic acids is 3. The molecule has 3 aromatic rings. The third-order valence-electron chi connectivity index (χ3n) is 5.20. The summed E-state index contributed by atoms with van der Waals surface area (Å²) in [7, 11) is 0. The summed E-state index contributed by atoms with van der Waals surface area (Å²) in [6.07, 6.45) is 0. The standard InChI is InChI=1S/C26H26N2O6/c1-16(2)27-26(31)24-10-8-20(34-24)13-28-21-12-18(7-9-23(21)33-15-25(28)30)22(29)14-32-19-6-4-5-17(3)11-19/h4-12,16H,13-15H2,1-3H3,(H,27,31). The van der Waals surface area contributed by atoms with Crippen molar-refractivity contribution in [3.63, 3.8) is 0 Å². The molecule has 0 aliphatic carbocycles. The van der Waals surface area contributed by atoms with Crippen molar-refractivity contribution in [2.24, 2.45) is 0 Å². The number of furan rings is 1. The van der Waals surface area contributed by atoms with Crippen LogP contribution in [0.3, 0.4) is 0 Å². The van der Waals surface area contributed by atoms with Gasteiger partial charge in [-0.25, -0.2) is 0 Å². The highest BCUT2D eigenvalue weighted by molar-refractivity contribution is 6.02. The van der Waals surface area contributed by atoms with Crippen molar-refractivity contribution >= 4 is 23.3 Å². The summed E-state index contributed by atoms with van der Waals surface area (Å²) < 4.78 is 16.8. The molecule has 176 valence electrons. The van der Waals surface area contributed by atoms with Crippen molar-refractivity contribution in [1.82, 2.24) is 5.32 Å². The van der Waals surface area contributed by atoms with E-state index in [0.717, 1.165) is 5.56 Å². The molecule has 34 heavy (non-hydrogen) atoms. The van der Waals surface area contributed by atoms with Gasteiger partial charge in [-0.3, -0.25) is 19.3 Å². The second-order valence-corrected chi connectivity index (χ2v) is 8.37. The number of ketones is 1. The van der Waals surface area contributed by atoms with Gasteiger partial charge < -0.3 is 19.2 Å². The number of hydrogen-bond acceptors (Lipinski definition) is 6. The number of aryl methyl sites for hydroxylation is 1. The number of hydrogen-bond donors (Lipinski definition) is 1.